The van der Waals surface area contributed by atoms with Crippen LogP contribution in [0.25, 0.3) is 0 Å². The van der Waals surface area contributed by atoms with Crippen molar-refractivity contribution >= 4 is 6.40 Å². The molecule has 1 aliphatic heterocycles. The molecule has 5 heavy (non-hydrogen) atoms. The van der Waals surface area contributed by atoms with Crippen molar-refractivity contribution in [2.24, 2.45) is 0 Å². The summed E-state index contributed by atoms with van der Waals surface area (Å²) in [6, 6.07) is 0. The van der Waals surface area contributed by atoms with E-state index >= 15 is 0 Å². The van der Waals surface area contributed by atoms with Gasteiger partial charge in [-0.15, -0.1) is 0 Å². The predicted molar refractivity (Wildman–Crippen MR) is 16.1 cm³/mol. The third-order valence-electron chi connectivity index (χ3n) is 0.400. The third kappa shape index (κ3) is 0.357. The Morgan fingerprint density at radius 2 is 3.00 bits per heavy atom. The van der Waals surface area contributed by atoms with E-state index in [1.165, 1.54) is 6.40 Å². The normalized spacial score (nSPS) is 19.2. The van der Waals surface area contributed by atoms with Gasteiger partial charge in [0.25, 0.3) is 0 Å². The second kappa shape index (κ2) is 1.03. The van der Waals surface area contributed by atoms with Crippen LogP contribution < -0.4 is 10.5 Å². The van der Waals surface area contributed by atoms with Gasteiger partial charge in [0.1, 0.15) is 0 Å². The maximum absolute atomic E-state index is 4.46. The number of hydrogen-bond donors (Lipinski definition) is 2. The van der Waals surface area contributed by atoms with Crippen LogP contribution in [0.5, 0.6) is 0 Å². The summed E-state index contributed by atoms with van der Waals surface area (Å²) in [6.07, 6.45) is 1.50. The van der Waals surface area contributed by atoms with E-state index in [0.29, 0.717) is 0 Å². The van der Waals surface area contributed by atoms with Gasteiger partial charge in [0.15, 0.2) is 0 Å². The minimum absolute atomic E-state index is 0.722. The number of rotatable bonds is 0. The average molecular weight is 73.1 g/mol. The molecular weight excluding hydrogens is 68.0 g/mol. The summed E-state index contributed by atoms with van der Waals surface area (Å²) < 4.78 is 0. The molecule has 0 saturated heterocycles. The van der Waals surface area contributed by atoms with Crippen LogP contribution in [0, 0.1) is 0 Å². The van der Waals surface area contributed by atoms with E-state index in [-0.39, 0.29) is 0 Å². The molecular formula is C2H5N2O+. The molecule has 0 bridgehead atoms. The largest absolute Gasteiger partial charge is 0.349 e. The van der Waals surface area contributed by atoms with Gasteiger partial charge in [-0.1, -0.05) is 5.48 Å². The molecule has 0 aromatic carbocycles. The van der Waals surface area contributed by atoms with Crippen molar-refractivity contribution in [1.29, 1.82) is 0 Å². The molecule has 0 amide bonds. The van der Waals surface area contributed by atoms with E-state index in [1.54, 1.807) is 0 Å². The second-order valence-electron chi connectivity index (χ2n) is 0.761. The van der Waals surface area contributed by atoms with Gasteiger partial charge in [-0.2, -0.15) is 4.99 Å². The number of hydrogen-bond acceptors (Lipinski definition) is 2. The molecule has 28 valence electrons. The Bertz CT molecular complexity index is 45.6. The summed E-state index contributed by atoms with van der Waals surface area (Å²) in [5, 5.41) is 0. The average Bonchev–Trinajstić information content (AvgIpc) is 1.76. The van der Waals surface area contributed by atoms with Crippen LogP contribution in [-0.2, 0) is 4.84 Å². The van der Waals surface area contributed by atoms with Crippen molar-refractivity contribution in [2.45, 2.75) is 0 Å². The summed E-state index contributed by atoms with van der Waals surface area (Å²) >= 11 is 0. The van der Waals surface area contributed by atoms with Crippen LogP contribution in [0.15, 0.2) is 0 Å². The van der Waals surface area contributed by atoms with Gasteiger partial charge in [-0.05, 0) is 0 Å². The second-order valence-corrected chi connectivity index (χ2v) is 0.761. The molecule has 0 unspecified atom stereocenters. The number of nitrogens with one attached hydrogen (secondary N) is 2. The van der Waals surface area contributed by atoms with Crippen molar-refractivity contribution in [2.75, 3.05) is 6.67 Å². The van der Waals surface area contributed by atoms with E-state index in [0.717, 1.165) is 6.67 Å². The van der Waals surface area contributed by atoms with Crippen molar-refractivity contribution in [3.8, 4) is 0 Å². The minimum Gasteiger partial charge on any atom is -0.349 e. The van der Waals surface area contributed by atoms with Gasteiger partial charge in [0, 0.05) is 0 Å². The molecule has 3 heteroatoms. The maximum Gasteiger partial charge on any atom is 0.342 e. The summed E-state index contributed by atoms with van der Waals surface area (Å²) in [4.78, 5) is 7.22. The fraction of sp³-hybridized carbons (Fsp3) is 0.500. The molecule has 1 rings (SSSR count). The van der Waals surface area contributed by atoms with Gasteiger partial charge < -0.3 is 4.84 Å². The molecule has 0 aromatic rings. The van der Waals surface area contributed by atoms with Gasteiger partial charge in [-0.3, -0.25) is 0 Å². The maximum atomic E-state index is 4.46. The van der Waals surface area contributed by atoms with Crippen LogP contribution in [-0.4, -0.2) is 13.1 Å². The van der Waals surface area contributed by atoms with Crippen molar-refractivity contribution in [1.82, 2.24) is 5.48 Å². The van der Waals surface area contributed by atoms with Crippen LogP contribution in [0.2, 0.25) is 0 Å². The molecule has 1 heterocycles. The molecule has 3 nitrogen and oxygen atoms in total. The highest BCUT2D eigenvalue weighted by Crippen LogP contribution is 1.45. The monoisotopic (exact) mass is 73.0 g/mol. The Hall–Kier alpha value is -0.570. The molecule has 0 atom stereocenters. The summed E-state index contributed by atoms with van der Waals surface area (Å²) in [6.45, 7) is 0.722. The topological polar surface area (TPSA) is 35.2 Å². The Kier molecular flexibility index (Phi) is 0.548. The Morgan fingerprint density at radius 3 is 3.20 bits per heavy atom. The molecule has 0 saturated carbocycles. The first-order chi connectivity index (χ1) is 2.50. The van der Waals surface area contributed by atoms with Crippen molar-refractivity contribution in [3.63, 3.8) is 0 Å². The van der Waals surface area contributed by atoms with E-state index < -0.39 is 0 Å². The van der Waals surface area contributed by atoms with Gasteiger partial charge in [0.2, 0.25) is 6.67 Å². The van der Waals surface area contributed by atoms with Crippen LogP contribution in [0.4, 0.5) is 0 Å². The van der Waals surface area contributed by atoms with E-state index in [1.807, 2.05) is 0 Å². The first-order valence-electron chi connectivity index (χ1n) is 1.44. The highest BCUT2D eigenvalue weighted by atomic mass is 16.7. The minimum atomic E-state index is 0.722. The van der Waals surface area contributed by atoms with E-state index in [9.17, 15) is 0 Å². The Morgan fingerprint density at radius 1 is 2.00 bits per heavy atom. The number of hydroxylamine groups is 1. The van der Waals surface area contributed by atoms with Crippen LogP contribution >= 0.6 is 0 Å². The zero-order valence-corrected chi connectivity index (χ0v) is 2.69. The van der Waals surface area contributed by atoms with Crippen molar-refractivity contribution in [3.05, 3.63) is 0 Å². The SMILES string of the molecule is C1=[NH+]CNO1. The van der Waals surface area contributed by atoms with E-state index in [4.69, 9.17) is 0 Å². The smallest absolute Gasteiger partial charge is 0.342 e. The van der Waals surface area contributed by atoms with Gasteiger partial charge >= 0.3 is 6.40 Å². The first kappa shape index (κ1) is 2.66. The molecule has 0 spiro atoms. The lowest BCUT2D eigenvalue weighted by molar-refractivity contribution is -0.446. The van der Waals surface area contributed by atoms with E-state index in [2.05, 4.69) is 15.3 Å². The summed E-state index contributed by atoms with van der Waals surface area (Å²) in [5.41, 5.74) is 2.56. The predicted octanol–water partition coefficient (Wildman–Crippen LogP) is -2.41. The standard InChI is InChI=1S/C2H4N2O/c1-3-2-5-4-1/h2,4H,1H2/p+1. The first-order valence-corrected chi connectivity index (χ1v) is 1.44. The summed E-state index contributed by atoms with van der Waals surface area (Å²) in [7, 11) is 0. The Balaban J connectivity index is 2.32. The lowest BCUT2D eigenvalue weighted by Crippen LogP contribution is -2.67. The third-order valence-corrected chi connectivity index (χ3v) is 0.400. The van der Waals surface area contributed by atoms with Crippen LogP contribution in [0.1, 0.15) is 0 Å². The molecule has 0 aliphatic carbocycles. The molecule has 2 N–H and O–H groups in total. The Labute approximate surface area is 29.6 Å². The summed E-state index contributed by atoms with van der Waals surface area (Å²) in [5.74, 6) is 0. The van der Waals surface area contributed by atoms with Crippen LogP contribution in [0.3, 0.4) is 0 Å². The lowest BCUT2D eigenvalue weighted by Gasteiger charge is -1.73. The highest BCUT2D eigenvalue weighted by Gasteiger charge is 1.89. The fourth-order valence-electron chi connectivity index (χ4n) is 0.208. The molecule has 1 aliphatic rings. The fourth-order valence-corrected chi connectivity index (χ4v) is 0.208. The van der Waals surface area contributed by atoms with Crippen molar-refractivity contribution < 1.29 is 9.83 Å². The molecule has 0 radical (unpaired) electrons. The van der Waals surface area contributed by atoms with Gasteiger partial charge in [0.05, 0.1) is 0 Å². The van der Waals surface area contributed by atoms with Gasteiger partial charge in [-0.25, -0.2) is 0 Å². The highest BCUT2D eigenvalue weighted by molar-refractivity contribution is 5.37. The molecule has 0 aromatic heterocycles. The zero-order chi connectivity index (χ0) is 3.54. The zero-order valence-electron chi connectivity index (χ0n) is 2.69. The lowest BCUT2D eigenvalue weighted by atomic mass is 11.2. The quantitative estimate of drug-likeness (QED) is 0.335. The molecule has 0 fully saturated rings.